The quantitative estimate of drug-likeness (QED) is 0.253. The largest absolute Gasteiger partial charge is 0.354 e. The summed E-state index contributed by atoms with van der Waals surface area (Å²) in [4.78, 5) is 9.35. The Hall–Kier alpha value is -4.37. The van der Waals surface area contributed by atoms with Crippen molar-refractivity contribution < 1.29 is 0 Å². The van der Waals surface area contributed by atoms with E-state index in [1.54, 1.807) is 0 Å². The smallest absolute Gasteiger partial charge is 0.158 e. The van der Waals surface area contributed by atoms with Gasteiger partial charge in [-0.2, -0.15) is 0 Å². The molecule has 0 amide bonds. The molecule has 5 aromatic rings. The summed E-state index contributed by atoms with van der Waals surface area (Å²) in [6.07, 6.45) is 1.89. The predicted octanol–water partition coefficient (Wildman–Crippen LogP) is 7.92. The molecule has 0 fully saturated rings. The first-order valence-electron chi connectivity index (χ1n) is 12.1. The van der Waals surface area contributed by atoms with E-state index < -0.39 is 0 Å². The fourth-order valence-corrected chi connectivity index (χ4v) is 5.73. The van der Waals surface area contributed by atoms with Crippen LogP contribution >= 0.6 is 0 Å². The van der Waals surface area contributed by atoms with Crippen LogP contribution < -0.4 is 9.80 Å². The maximum atomic E-state index is 4.75. The van der Waals surface area contributed by atoms with Crippen LogP contribution in [-0.2, 0) is 0 Å². The van der Waals surface area contributed by atoms with E-state index in [0.29, 0.717) is 0 Å². The number of hydrogen-bond donors (Lipinski definition) is 0. The molecule has 2 heterocycles. The molecule has 1 aliphatic carbocycles. The van der Waals surface area contributed by atoms with E-state index in [1.807, 2.05) is 12.3 Å². The van der Waals surface area contributed by atoms with Gasteiger partial charge in [-0.3, -0.25) is 0 Å². The summed E-state index contributed by atoms with van der Waals surface area (Å²) in [5.41, 5.74) is 13.8. The zero-order valence-electron chi connectivity index (χ0n) is 19.9. The Morgan fingerprint density at radius 2 is 1.06 bits per heavy atom. The topological polar surface area (TPSA) is 19.4 Å². The van der Waals surface area contributed by atoms with Crippen molar-refractivity contribution in [1.29, 1.82) is 0 Å². The maximum absolute atomic E-state index is 4.75. The summed E-state index contributed by atoms with van der Waals surface area (Å²) in [6.45, 7) is 3.00. The van der Waals surface area contributed by atoms with E-state index in [1.165, 1.54) is 61.4 Å². The number of hydrogen-bond acceptors (Lipinski definition) is 3. The van der Waals surface area contributed by atoms with E-state index in [-0.39, 0.29) is 0 Å². The minimum atomic E-state index is 0.785. The van der Waals surface area contributed by atoms with Gasteiger partial charge in [-0.15, -0.1) is 0 Å². The average Bonchev–Trinajstić information content (AvgIpc) is 3.24. The van der Waals surface area contributed by atoms with Gasteiger partial charge in [-0.05, 0) is 81.3 Å². The van der Waals surface area contributed by atoms with Crippen molar-refractivity contribution >= 4 is 17.2 Å². The van der Waals surface area contributed by atoms with Crippen molar-refractivity contribution in [3.8, 4) is 44.5 Å². The highest BCUT2D eigenvalue weighted by Gasteiger charge is 2.29. The fraction of sp³-hybridized carbons (Fsp3) is 0.0938. The first-order chi connectivity index (χ1) is 17.2. The number of benzene rings is 4. The highest BCUT2D eigenvalue weighted by molar-refractivity contribution is 6.04. The molecule has 0 bridgehead atoms. The van der Waals surface area contributed by atoms with E-state index in [9.17, 15) is 0 Å². The highest BCUT2D eigenvalue weighted by atomic mass is 15.4. The number of nitrogens with zero attached hydrogens (tertiary/aromatic N) is 3. The molecule has 35 heavy (non-hydrogen) atoms. The van der Waals surface area contributed by atoms with Crippen LogP contribution in [0.2, 0.25) is 0 Å². The predicted molar refractivity (Wildman–Crippen MR) is 146 cm³/mol. The third-order valence-electron chi connectivity index (χ3n) is 7.36. The van der Waals surface area contributed by atoms with Crippen LogP contribution in [0.15, 0.2) is 103 Å². The van der Waals surface area contributed by atoms with Gasteiger partial charge in [0.1, 0.15) is 0 Å². The molecule has 0 unspecified atom stereocenters. The third kappa shape index (κ3) is 2.95. The second kappa shape index (κ2) is 7.57. The van der Waals surface area contributed by atoms with E-state index >= 15 is 0 Å². The number of rotatable bonds is 1. The number of fused-ring (bicyclic) bond motifs is 9. The molecule has 4 aromatic carbocycles. The zero-order valence-corrected chi connectivity index (χ0v) is 19.9. The summed E-state index contributed by atoms with van der Waals surface area (Å²) < 4.78 is 0. The Balaban J connectivity index is 1.55. The lowest BCUT2D eigenvalue weighted by molar-refractivity contribution is 0.940. The van der Waals surface area contributed by atoms with Crippen molar-refractivity contribution in [2.75, 3.05) is 23.5 Å². The molecule has 3 nitrogen and oxygen atoms in total. The summed E-state index contributed by atoms with van der Waals surface area (Å²) in [7, 11) is 2.13. The van der Waals surface area contributed by atoms with E-state index in [0.717, 1.165) is 12.5 Å². The molecule has 1 aliphatic heterocycles. The van der Waals surface area contributed by atoms with Crippen LogP contribution in [0.1, 0.15) is 5.56 Å². The van der Waals surface area contributed by atoms with E-state index in [4.69, 9.17) is 4.98 Å². The van der Waals surface area contributed by atoms with Gasteiger partial charge in [-0.1, -0.05) is 72.8 Å². The third-order valence-corrected chi connectivity index (χ3v) is 7.36. The summed E-state index contributed by atoms with van der Waals surface area (Å²) >= 11 is 0. The molecule has 0 saturated heterocycles. The first kappa shape index (κ1) is 20.0. The van der Waals surface area contributed by atoms with Crippen LogP contribution in [0, 0.1) is 6.92 Å². The highest BCUT2D eigenvalue weighted by Crippen LogP contribution is 2.50. The van der Waals surface area contributed by atoms with Gasteiger partial charge in [0.25, 0.3) is 0 Å². The van der Waals surface area contributed by atoms with Crippen LogP contribution in [0.5, 0.6) is 0 Å². The Kier molecular flexibility index (Phi) is 4.34. The normalized spacial score (nSPS) is 13.2. The second-order valence-corrected chi connectivity index (χ2v) is 9.43. The lowest BCUT2D eigenvalue weighted by Crippen LogP contribution is -2.24. The van der Waals surface area contributed by atoms with E-state index in [2.05, 4.69) is 115 Å². The van der Waals surface area contributed by atoms with Gasteiger partial charge in [0.2, 0.25) is 0 Å². The molecule has 7 rings (SSSR count). The Labute approximate surface area is 205 Å². The Bertz CT molecular complexity index is 1620. The van der Waals surface area contributed by atoms with Crippen LogP contribution in [0.25, 0.3) is 44.5 Å². The average molecular weight is 452 g/mol. The number of anilines is 3. The minimum Gasteiger partial charge on any atom is -0.354 e. The minimum absolute atomic E-state index is 0.785. The van der Waals surface area contributed by atoms with Crippen molar-refractivity contribution in [2.24, 2.45) is 0 Å². The first-order valence-corrected chi connectivity index (χ1v) is 12.1. The molecule has 1 aromatic heterocycles. The summed E-state index contributed by atoms with van der Waals surface area (Å²) in [5.74, 6) is 1.02. The van der Waals surface area contributed by atoms with Crippen molar-refractivity contribution in [2.45, 2.75) is 6.92 Å². The SMILES string of the molecule is Cc1cc2c(cc1N1CN(C)c3cccnc31)-c1ccccc1-c1ccccc1-c1ccccc1-2. The van der Waals surface area contributed by atoms with Gasteiger partial charge < -0.3 is 9.80 Å². The molecule has 0 spiro atoms. The fourth-order valence-electron chi connectivity index (χ4n) is 5.73. The monoisotopic (exact) mass is 451 g/mol. The molecule has 3 heteroatoms. The Morgan fingerprint density at radius 3 is 1.60 bits per heavy atom. The zero-order chi connectivity index (χ0) is 23.5. The van der Waals surface area contributed by atoms with Crippen molar-refractivity contribution in [3.05, 3.63) is 109 Å². The van der Waals surface area contributed by atoms with Gasteiger partial charge >= 0.3 is 0 Å². The molecule has 2 aliphatic rings. The van der Waals surface area contributed by atoms with Gasteiger partial charge in [0.15, 0.2) is 5.82 Å². The molecular weight excluding hydrogens is 426 g/mol. The maximum Gasteiger partial charge on any atom is 0.158 e. The van der Waals surface area contributed by atoms with Gasteiger partial charge in [0.05, 0.1) is 12.4 Å². The Morgan fingerprint density at radius 1 is 0.571 bits per heavy atom. The van der Waals surface area contributed by atoms with Crippen LogP contribution in [0.4, 0.5) is 17.2 Å². The number of aryl methyl sites for hydroxylation is 1. The molecule has 0 atom stereocenters. The summed E-state index contributed by atoms with van der Waals surface area (Å²) in [6, 6.07) is 35.3. The van der Waals surface area contributed by atoms with Crippen LogP contribution in [0.3, 0.4) is 0 Å². The van der Waals surface area contributed by atoms with Gasteiger partial charge in [0, 0.05) is 18.9 Å². The van der Waals surface area contributed by atoms with Crippen molar-refractivity contribution in [3.63, 3.8) is 0 Å². The second-order valence-electron chi connectivity index (χ2n) is 9.43. The molecule has 0 radical (unpaired) electrons. The van der Waals surface area contributed by atoms with Crippen molar-refractivity contribution in [1.82, 2.24) is 4.98 Å². The number of aromatic nitrogens is 1. The molecule has 0 N–H and O–H groups in total. The standard InChI is InChI=1S/C32H25N3/c1-21-18-28-26-14-7-5-12-24(26)22-10-3-4-11-23(22)25-13-6-8-15-27(25)29(28)19-31(21)35-20-34(2)30-16-9-17-33-32(30)35/h3-19H,20H2,1-2H3. The summed E-state index contributed by atoms with van der Waals surface area (Å²) in [5, 5.41) is 0. The lowest BCUT2D eigenvalue weighted by atomic mass is 9.80. The molecular formula is C32H25N3. The van der Waals surface area contributed by atoms with Crippen LogP contribution in [-0.4, -0.2) is 18.7 Å². The number of pyridine rings is 1. The molecule has 0 saturated carbocycles. The van der Waals surface area contributed by atoms with Gasteiger partial charge in [-0.25, -0.2) is 4.98 Å². The lowest BCUT2D eigenvalue weighted by Gasteiger charge is -2.27. The molecule has 168 valence electrons.